The molecule has 29 heavy (non-hydrogen) atoms. The molecule has 3 aliphatic rings. The quantitative estimate of drug-likeness (QED) is 0.418. The Hall–Kier alpha value is -3.23. The van der Waals surface area contributed by atoms with Crippen molar-refractivity contribution in [2.75, 3.05) is 0 Å². The molecule has 1 saturated carbocycles. The van der Waals surface area contributed by atoms with Crippen molar-refractivity contribution in [1.82, 2.24) is 5.06 Å². The number of amides is 2. The van der Waals surface area contributed by atoms with Gasteiger partial charge in [-0.1, -0.05) is 17.7 Å². The van der Waals surface area contributed by atoms with E-state index in [1.54, 1.807) is 24.3 Å². The number of carbonyl (C=O) groups is 5. The topological polar surface area (TPSA) is 116 Å². The lowest BCUT2D eigenvalue weighted by Crippen LogP contribution is -2.42. The van der Waals surface area contributed by atoms with E-state index in [-0.39, 0.29) is 19.3 Å². The van der Waals surface area contributed by atoms with Gasteiger partial charge in [-0.15, -0.1) is 5.06 Å². The molecular weight excluding hydrogens is 382 g/mol. The van der Waals surface area contributed by atoms with E-state index < -0.39 is 35.5 Å². The van der Waals surface area contributed by atoms with Crippen molar-refractivity contribution in [3.8, 4) is 0 Å². The van der Waals surface area contributed by atoms with E-state index in [0.717, 1.165) is 18.4 Å². The second-order valence-electron chi connectivity index (χ2n) is 7.07. The Bertz CT molecular complexity index is 805. The highest BCUT2D eigenvalue weighted by Gasteiger charge is 2.45. The third-order valence-corrected chi connectivity index (χ3v) is 4.72. The minimum Gasteiger partial charge on any atom is -0.422 e. The third-order valence-electron chi connectivity index (χ3n) is 4.72. The smallest absolute Gasteiger partial charge is 0.363 e. The van der Waals surface area contributed by atoms with Crippen LogP contribution >= 0.6 is 0 Å². The van der Waals surface area contributed by atoms with Gasteiger partial charge < -0.3 is 14.3 Å². The van der Waals surface area contributed by atoms with Crippen LogP contribution in [-0.2, 0) is 33.5 Å². The maximum Gasteiger partial charge on any atom is 0.363 e. The van der Waals surface area contributed by atoms with Crippen molar-refractivity contribution in [2.45, 2.75) is 57.7 Å². The number of hydrogen-bond acceptors (Lipinski definition) is 8. The molecule has 2 saturated heterocycles. The van der Waals surface area contributed by atoms with E-state index in [0.29, 0.717) is 23.5 Å². The average Bonchev–Trinajstić information content (AvgIpc) is 3.23. The summed E-state index contributed by atoms with van der Waals surface area (Å²) >= 11 is 0. The van der Waals surface area contributed by atoms with Gasteiger partial charge in [-0.3, -0.25) is 19.2 Å². The molecular formula is C20H21NO8. The first kappa shape index (κ1) is 20.5. The van der Waals surface area contributed by atoms with Gasteiger partial charge in [0, 0.05) is 25.7 Å². The summed E-state index contributed by atoms with van der Waals surface area (Å²) in [6.45, 7) is 1.89. The van der Waals surface area contributed by atoms with Crippen molar-refractivity contribution < 1.29 is 38.3 Å². The maximum absolute atomic E-state index is 11.6. The normalized spacial score (nSPS) is 20.1. The molecule has 0 N–H and O–H groups in total. The fourth-order valence-electron chi connectivity index (χ4n) is 3.23. The highest BCUT2D eigenvalue weighted by molar-refractivity contribution is 6.02. The van der Waals surface area contributed by atoms with Crippen LogP contribution in [0.1, 0.15) is 60.9 Å². The van der Waals surface area contributed by atoms with Crippen LogP contribution in [0.5, 0.6) is 0 Å². The first-order chi connectivity index (χ1) is 13.8. The predicted octanol–water partition coefficient (Wildman–Crippen LogP) is 1.96. The SMILES string of the molecule is Cc1ccc(C(=O)ON2C(=O)CCC2=O)cc1.O=C1CC(=O)OC2(CCCC2)O1. The number of benzene rings is 1. The monoisotopic (exact) mass is 403 g/mol. The van der Waals surface area contributed by atoms with Crippen molar-refractivity contribution >= 4 is 29.7 Å². The van der Waals surface area contributed by atoms with Gasteiger partial charge in [-0.25, -0.2) is 4.79 Å². The van der Waals surface area contributed by atoms with Gasteiger partial charge in [0.25, 0.3) is 17.6 Å². The maximum atomic E-state index is 11.6. The minimum absolute atomic E-state index is 0.0972. The van der Waals surface area contributed by atoms with E-state index in [1.165, 1.54) is 0 Å². The van der Waals surface area contributed by atoms with E-state index in [2.05, 4.69) is 0 Å². The molecule has 9 nitrogen and oxygen atoms in total. The number of hydroxylamine groups is 2. The first-order valence-electron chi connectivity index (χ1n) is 9.36. The molecule has 0 radical (unpaired) electrons. The van der Waals surface area contributed by atoms with E-state index in [9.17, 15) is 24.0 Å². The largest absolute Gasteiger partial charge is 0.422 e. The lowest BCUT2D eigenvalue weighted by molar-refractivity contribution is -0.241. The number of aryl methyl sites for hydroxylation is 1. The second kappa shape index (κ2) is 8.42. The average molecular weight is 403 g/mol. The predicted molar refractivity (Wildman–Crippen MR) is 95.7 cm³/mol. The van der Waals surface area contributed by atoms with Crippen molar-refractivity contribution in [3.05, 3.63) is 35.4 Å². The summed E-state index contributed by atoms with van der Waals surface area (Å²) in [5.41, 5.74) is 1.32. The van der Waals surface area contributed by atoms with E-state index >= 15 is 0 Å². The minimum atomic E-state index is -0.883. The molecule has 0 bridgehead atoms. The summed E-state index contributed by atoms with van der Waals surface area (Å²) in [4.78, 5) is 60.7. The molecule has 154 valence electrons. The number of esters is 2. The Morgan fingerprint density at radius 3 is 1.97 bits per heavy atom. The highest BCUT2D eigenvalue weighted by atomic mass is 16.7. The van der Waals surface area contributed by atoms with Crippen LogP contribution in [0.2, 0.25) is 0 Å². The molecule has 9 heteroatoms. The van der Waals surface area contributed by atoms with Gasteiger partial charge in [-0.2, -0.15) is 0 Å². The van der Waals surface area contributed by atoms with Crippen LogP contribution in [0.25, 0.3) is 0 Å². The van der Waals surface area contributed by atoms with E-state index in [4.69, 9.17) is 14.3 Å². The number of carbonyl (C=O) groups excluding carboxylic acids is 5. The number of nitrogens with zero attached hydrogens (tertiary/aromatic N) is 1. The van der Waals surface area contributed by atoms with E-state index in [1.807, 2.05) is 6.92 Å². The van der Waals surface area contributed by atoms with Crippen molar-refractivity contribution in [2.24, 2.45) is 0 Å². The fourth-order valence-corrected chi connectivity index (χ4v) is 3.23. The van der Waals surface area contributed by atoms with Crippen LogP contribution < -0.4 is 0 Å². The molecule has 1 spiro atoms. The molecule has 2 amide bonds. The Balaban J connectivity index is 0.000000176. The summed E-state index contributed by atoms with van der Waals surface area (Å²) in [5, 5.41) is 0.544. The van der Waals surface area contributed by atoms with Gasteiger partial charge in [-0.05, 0) is 31.9 Å². The zero-order valence-corrected chi connectivity index (χ0v) is 16.0. The van der Waals surface area contributed by atoms with Crippen LogP contribution in [0.4, 0.5) is 0 Å². The molecule has 2 heterocycles. The summed E-state index contributed by atoms with van der Waals surface area (Å²) in [6, 6.07) is 6.68. The highest BCUT2D eigenvalue weighted by Crippen LogP contribution is 2.37. The fraction of sp³-hybridized carbons (Fsp3) is 0.450. The molecule has 1 aliphatic carbocycles. The molecule has 1 aromatic carbocycles. The molecule has 0 atom stereocenters. The van der Waals surface area contributed by atoms with Crippen LogP contribution in [-0.4, -0.2) is 40.6 Å². The molecule has 2 aliphatic heterocycles. The summed E-state index contributed by atoms with van der Waals surface area (Å²) < 4.78 is 10.0. The van der Waals surface area contributed by atoms with Gasteiger partial charge in [0.1, 0.15) is 6.42 Å². The van der Waals surface area contributed by atoms with Gasteiger partial charge in [0.15, 0.2) is 0 Å². The van der Waals surface area contributed by atoms with Gasteiger partial charge >= 0.3 is 17.9 Å². The number of imide groups is 1. The van der Waals surface area contributed by atoms with Crippen LogP contribution in [0.3, 0.4) is 0 Å². The van der Waals surface area contributed by atoms with Gasteiger partial charge in [0.05, 0.1) is 5.56 Å². The Morgan fingerprint density at radius 1 is 0.931 bits per heavy atom. The third kappa shape index (κ3) is 4.98. The van der Waals surface area contributed by atoms with Gasteiger partial charge in [0.2, 0.25) is 0 Å². The Labute approximate surface area is 166 Å². The number of rotatable bonds is 2. The lowest BCUT2D eigenvalue weighted by Gasteiger charge is -2.31. The first-order valence-corrected chi connectivity index (χ1v) is 9.36. The summed E-state index contributed by atoms with van der Waals surface area (Å²) in [7, 11) is 0. The molecule has 0 aromatic heterocycles. The Morgan fingerprint density at radius 2 is 1.45 bits per heavy atom. The van der Waals surface area contributed by atoms with Crippen molar-refractivity contribution in [3.63, 3.8) is 0 Å². The zero-order chi connectivity index (χ0) is 21.0. The summed E-state index contributed by atoms with van der Waals surface area (Å²) in [5.74, 6) is -3.44. The summed E-state index contributed by atoms with van der Waals surface area (Å²) in [6.07, 6.45) is 3.19. The number of hydrogen-bond donors (Lipinski definition) is 0. The lowest BCUT2D eigenvalue weighted by atomic mass is 10.2. The molecule has 3 fully saturated rings. The van der Waals surface area contributed by atoms with Crippen molar-refractivity contribution in [1.29, 1.82) is 0 Å². The zero-order valence-electron chi connectivity index (χ0n) is 16.0. The molecule has 1 aromatic rings. The number of ether oxygens (including phenoxy) is 2. The molecule has 0 unspecified atom stereocenters. The molecule has 4 rings (SSSR count). The second-order valence-corrected chi connectivity index (χ2v) is 7.07. The standard InChI is InChI=1S/C12H11NO4.C8H10O4/c1-8-2-4-9(5-3-8)12(16)17-13-10(14)6-7-11(13)15;9-6-5-7(10)12-8(11-6)3-1-2-4-8/h2-5H,6-7H2,1H3;1-5H2. The Kier molecular flexibility index (Phi) is 5.95. The van der Waals surface area contributed by atoms with Crippen LogP contribution in [0, 0.1) is 6.92 Å². The van der Waals surface area contributed by atoms with Crippen LogP contribution in [0.15, 0.2) is 24.3 Å².